The van der Waals surface area contributed by atoms with Crippen molar-refractivity contribution in [1.29, 1.82) is 0 Å². The maximum Gasteiger partial charge on any atom is 0.303 e. The molecule has 0 spiro atoms. The van der Waals surface area contributed by atoms with Gasteiger partial charge in [0.2, 0.25) is 0 Å². The van der Waals surface area contributed by atoms with Crippen molar-refractivity contribution >= 4 is 17.3 Å². The SMILES string of the molecule is O=C(O)CC1CN(Cc2ccc([N+](=O)[O-])cc2[N+](=O)[O-])C1. The smallest absolute Gasteiger partial charge is 0.303 e. The van der Waals surface area contributed by atoms with Crippen molar-refractivity contribution in [3.63, 3.8) is 0 Å². The third-order valence-corrected chi connectivity index (χ3v) is 3.37. The molecule has 0 amide bonds. The lowest BCUT2D eigenvalue weighted by atomic mass is 9.95. The van der Waals surface area contributed by atoms with E-state index in [0.717, 1.165) is 6.07 Å². The molecule has 0 saturated carbocycles. The molecule has 9 heteroatoms. The zero-order valence-electron chi connectivity index (χ0n) is 11.0. The summed E-state index contributed by atoms with van der Waals surface area (Å²) in [6, 6.07) is 3.56. The van der Waals surface area contributed by atoms with Gasteiger partial charge in [-0.3, -0.25) is 29.9 Å². The van der Waals surface area contributed by atoms with Crippen LogP contribution in [0.4, 0.5) is 11.4 Å². The Hall–Kier alpha value is -2.55. The molecule has 0 aliphatic carbocycles. The van der Waals surface area contributed by atoms with Gasteiger partial charge in [-0.05, 0) is 12.0 Å². The van der Waals surface area contributed by atoms with E-state index in [2.05, 4.69) is 0 Å². The molecule has 1 aliphatic rings. The van der Waals surface area contributed by atoms with Gasteiger partial charge >= 0.3 is 5.97 Å². The maximum atomic E-state index is 11.0. The lowest BCUT2D eigenvalue weighted by Gasteiger charge is -2.38. The standard InChI is InChI=1S/C12H13N3O6/c16-12(17)3-8-5-13(6-8)7-9-1-2-10(14(18)19)4-11(9)15(20)21/h1-2,4,8H,3,5-7H2,(H,16,17). The van der Waals surface area contributed by atoms with Crippen LogP contribution >= 0.6 is 0 Å². The van der Waals surface area contributed by atoms with Crippen LogP contribution in [-0.4, -0.2) is 38.9 Å². The van der Waals surface area contributed by atoms with E-state index in [1.807, 2.05) is 4.90 Å². The maximum absolute atomic E-state index is 11.0. The largest absolute Gasteiger partial charge is 0.481 e. The number of nitro benzene ring substituents is 2. The van der Waals surface area contributed by atoms with Crippen LogP contribution in [0.3, 0.4) is 0 Å². The Kier molecular flexibility index (Phi) is 4.13. The van der Waals surface area contributed by atoms with Crippen LogP contribution in [0.15, 0.2) is 18.2 Å². The van der Waals surface area contributed by atoms with Crippen molar-refractivity contribution in [2.75, 3.05) is 13.1 Å². The summed E-state index contributed by atoms with van der Waals surface area (Å²) in [4.78, 5) is 32.7. The quantitative estimate of drug-likeness (QED) is 0.620. The molecule has 1 fully saturated rings. The summed E-state index contributed by atoms with van der Waals surface area (Å²) in [5.41, 5.74) is -0.219. The summed E-state index contributed by atoms with van der Waals surface area (Å²) in [6.45, 7) is 1.39. The molecule has 1 N–H and O–H groups in total. The molecule has 0 aromatic heterocycles. The molecule has 0 unspecified atom stereocenters. The summed E-state index contributed by atoms with van der Waals surface area (Å²) >= 11 is 0. The van der Waals surface area contributed by atoms with Crippen LogP contribution in [-0.2, 0) is 11.3 Å². The zero-order chi connectivity index (χ0) is 15.6. The highest BCUT2D eigenvalue weighted by molar-refractivity contribution is 5.67. The second-order valence-electron chi connectivity index (χ2n) is 4.99. The Bertz CT molecular complexity index is 597. The number of benzene rings is 1. The van der Waals surface area contributed by atoms with E-state index in [1.54, 1.807) is 0 Å². The molecular weight excluding hydrogens is 282 g/mol. The number of rotatable bonds is 6. The van der Waals surface area contributed by atoms with Gasteiger partial charge < -0.3 is 5.11 Å². The van der Waals surface area contributed by atoms with Gasteiger partial charge in [-0.2, -0.15) is 0 Å². The second-order valence-corrected chi connectivity index (χ2v) is 4.99. The van der Waals surface area contributed by atoms with E-state index in [0.29, 0.717) is 18.7 Å². The molecule has 1 aromatic carbocycles. The predicted molar refractivity (Wildman–Crippen MR) is 70.8 cm³/mol. The van der Waals surface area contributed by atoms with Gasteiger partial charge in [0.15, 0.2) is 0 Å². The van der Waals surface area contributed by atoms with Crippen LogP contribution in [0.25, 0.3) is 0 Å². The fourth-order valence-corrected chi connectivity index (χ4v) is 2.39. The lowest BCUT2D eigenvalue weighted by molar-refractivity contribution is -0.394. The molecule has 0 radical (unpaired) electrons. The minimum Gasteiger partial charge on any atom is -0.481 e. The van der Waals surface area contributed by atoms with E-state index in [-0.39, 0.29) is 30.3 Å². The third-order valence-electron chi connectivity index (χ3n) is 3.37. The first-order chi connectivity index (χ1) is 9.86. The highest BCUT2D eigenvalue weighted by Gasteiger charge is 2.30. The van der Waals surface area contributed by atoms with Gasteiger partial charge in [-0.15, -0.1) is 0 Å². The monoisotopic (exact) mass is 295 g/mol. The molecular formula is C12H13N3O6. The fraction of sp³-hybridized carbons (Fsp3) is 0.417. The van der Waals surface area contributed by atoms with Crippen molar-refractivity contribution in [3.8, 4) is 0 Å². The molecule has 1 heterocycles. The van der Waals surface area contributed by atoms with Crippen molar-refractivity contribution in [1.82, 2.24) is 4.90 Å². The number of hydrogen-bond donors (Lipinski definition) is 1. The van der Waals surface area contributed by atoms with Crippen LogP contribution in [0.5, 0.6) is 0 Å². The average Bonchev–Trinajstić information content (AvgIpc) is 2.35. The van der Waals surface area contributed by atoms with E-state index in [4.69, 9.17) is 5.11 Å². The summed E-state index contributed by atoms with van der Waals surface area (Å²) in [5.74, 6) is -0.805. The first-order valence-corrected chi connectivity index (χ1v) is 6.22. The Labute approximate surface area is 119 Å². The van der Waals surface area contributed by atoms with Crippen LogP contribution in [0, 0.1) is 26.1 Å². The number of nitrogens with zero attached hydrogens (tertiary/aromatic N) is 3. The summed E-state index contributed by atoms with van der Waals surface area (Å²) in [5, 5.41) is 30.3. The molecule has 9 nitrogen and oxygen atoms in total. The van der Waals surface area contributed by atoms with Gasteiger partial charge in [-0.1, -0.05) is 0 Å². The lowest BCUT2D eigenvalue weighted by Crippen LogP contribution is -2.46. The van der Waals surface area contributed by atoms with Gasteiger partial charge in [0.1, 0.15) is 0 Å². The highest BCUT2D eigenvalue weighted by atomic mass is 16.6. The van der Waals surface area contributed by atoms with E-state index >= 15 is 0 Å². The molecule has 1 aromatic rings. The number of carbonyl (C=O) groups is 1. The summed E-state index contributed by atoms with van der Waals surface area (Å²) in [6.07, 6.45) is 0.0822. The number of carboxylic acid groups (broad SMARTS) is 1. The number of likely N-dealkylation sites (tertiary alicyclic amines) is 1. The molecule has 21 heavy (non-hydrogen) atoms. The summed E-state index contributed by atoms with van der Waals surface area (Å²) in [7, 11) is 0. The van der Waals surface area contributed by atoms with Crippen molar-refractivity contribution < 1.29 is 19.7 Å². The minimum atomic E-state index is -0.860. The second kappa shape index (κ2) is 5.83. The molecule has 0 bridgehead atoms. The van der Waals surface area contributed by atoms with Gasteiger partial charge in [0.25, 0.3) is 11.4 Å². The molecule has 2 rings (SSSR count). The van der Waals surface area contributed by atoms with E-state index in [1.165, 1.54) is 12.1 Å². The minimum absolute atomic E-state index is 0.0552. The number of carboxylic acids is 1. The summed E-state index contributed by atoms with van der Waals surface area (Å²) < 4.78 is 0. The number of hydrogen-bond acceptors (Lipinski definition) is 6. The Morgan fingerprint density at radius 2 is 1.95 bits per heavy atom. The van der Waals surface area contributed by atoms with E-state index in [9.17, 15) is 25.0 Å². The predicted octanol–water partition coefficient (Wildman–Crippen LogP) is 1.41. The van der Waals surface area contributed by atoms with Gasteiger partial charge in [0.05, 0.1) is 22.3 Å². The number of nitro groups is 2. The first-order valence-electron chi connectivity index (χ1n) is 6.22. The first kappa shape index (κ1) is 14.9. The van der Waals surface area contributed by atoms with Crippen LogP contribution in [0.2, 0.25) is 0 Å². The number of non-ortho nitro benzene ring substituents is 1. The van der Waals surface area contributed by atoms with Crippen molar-refractivity contribution in [3.05, 3.63) is 44.0 Å². The molecule has 1 saturated heterocycles. The molecule has 112 valence electrons. The van der Waals surface area contributed by atoms with Crippen LogP contribution < -0.4 is 0 Å². The zero-order valence-corrected chi connectivity index (χ0v) is 11.0. The highest BCUT2D eigenvalue weighted by Crippen LogP contribution is 2.28. The Morgan fingerprint density at radius 3 is 2.48 bits per heavy atom. The van der Waals surface area contributed by atoms with Gasteiger partial charge in [-0.25, -0.2) is 0 Å². The Morgan fingerprint density at radius 1 is 1.29 bits per heavy atom. The van der Waals surface area contributed by atoms with Crippen molar-refractivity contribution in [2.45, 2.75) is 13.0 Å². The normalized spacial score (nSPS) is 15.4. The van der Waals surface area contributed by atoms with Crippen LogP contribution in [0.1, 0.15) is 12.0 Å². The Balaban J connectivity index is 2.06. The van der Waals surface area contributed by atoms with Gasteiger partial charge in [0, 0.05) is 31.3 Å². The molecule has 0 atom stereocenters. The fourth-order valence-electron chi connectivity index (χ4n) is 2.39. The number of aliphatic carboxylic acids is 1. The van der Waals surface area contributed by atoms with E-state index < -0.39 is 15.8 Å². The topological polar surface area (TPSA) is 127 Å². The average molecular weight is 295 g/mol. The molecule has 1 aliphatic heterocycles. The third kappa shape index (κ3) is 3.51. The van der Waals surface area contributed by atoms with Crippen molar-refractivity contribution in [2.24, 2.45) is 5.92 Å².